The van der Waals surface area contributed by atoms with Crippen LogP contribution in [-0.2, 0) is 9.59 Å². The molecular weight excluding hydrogens is 302 g/mol. The average molecular weight is 324 g/mol. The van der Waals surface area contributed by atoms with Gasteiger partial charge >= 0.3 is 0 Å². The summed E-state index contributed by atoms with van der Waals surface area (Å²) < 4.78 is 0. The maximum Gasteiger partial charge on any atom is 0.241 e. The molecule has 22 heavy (non-hydrogen) atoms. The third-order valence-electron chi connectivity index (χ3n) is 3.98. The number of carbonyl (C=O) groups excluding carboxylic acids is 2. The predicted molar refractivity (Wildman–Crippen MR) is 89.5 cm³/mol. The van der Waals surface area contributed by atoms with Crippen molar-refractivity contribution in [2.24, 2.45) is 0 Å². The molecule has 0 aromatic heterocycles. The van der Waals surface area contributed by atoms with E-state index in [0.717, 1.165) is 37.2 Å². The second-order valence-electron chi connectivity index (χ2n) is 5.85. The van der Waals surface area contributed by atoms with E-state index in [4.69, 9.17) is 0 Å². The lowest BCUT2D eigenvalue weighted by atomic mass is 10.2. The molecule has 0 spiro atoms. The van der Waals surface area contributed by atoms with Crippen molar-refractivity contribution in [2.45, 2.75) is 44.7 Å². The number of carbonyl (C=O) groups is 2. The molecule has 2 amide bonds. The molecule has 2 aliphatic rings. The lowest BCUT2D eigenvalue weighted by Crippen LogP contribution is -2.39. The van der Waals surface area contributed by atoms with E-state index in [0.29, 0.717) is 12.5 Å². The fourth-order valence-electron chi connectivity index (χ4n) is 2.58. The summed E-state index contributed by atoms with van der Waals surface area (Å²) in [6.45, 7) is 2.66. The van der Waals surface area contributed by atoms with Gasteiger partial charge in [-0.15, -0.1) is 12.4 Å². The van der Waals surface area contributed by atoms with Gasteiger partial charge in [0.25, 0.3) is 0 Å². The van der Waals surface area contributed by atoms with Gasteiger partial charge in [-0.2, -0.15) is 0 Å². The lowest BCUT2D eigenvalue weighted by Gasteiger charge is -2.17. The fourth-order valence-corrected chi connectivity index (χ4v) is 2.58. The van der Waals surface area contributed by atoms with Gasteiger partial charge in [0.05, 0.1) is 6.04 Å². The Morgan fingerprint density at radius 3 is 2.50 bits per heavy atom. The molecule has 2 N–H and O–H groups in total. The molecule has 1 saturated heterocycles. The van der Waals surface area contributed by atoms with Gasteiger partial charge in [-0.3, -0.25) is 9.59 Å². The Kier molecular flexibility index (Phi) is 5.42. The Labute approximate surface area is 136 Å². The van der Waals surface area contributed by atoms with Crippen molar-refractivity contribution in [3.63, 3.8) is 0 Å². The van der Waals surface area contributed by atoms with Crippen LogP contribution in [0.15, 0.2) is 24.3 Å². The van der Waals surface area contributed by atoms with Gasteiger partial charge < -0.3 is 15.5 Å². The summed E-state index contributed by atoms with van der Waals surface area (Å²) in [5, 5.41) is 6.17. The van der Waals surface area contributed by atoms with E-state index in [2.05, 4.69) is 10.6 Å². The molecule has 1 heterocycles. The van der Waals surface area contributed by atoms with Crippen LogP contribution in [0.4, 0.5) is 11.4 Å². The summed E-state index contributed by atoms with van der Waals surface area (Å²) in [5.74, 6) is 0.154. The first-order chi connectivity index (χ1) is 10.1. The second-order valence-corrected chi connectivity index (χ2v) is 5.85. The summed E-state index contributed by atoms with van der Waals surface area (Å²) in [7, 11) is 0. The highest BCUT2D eigenvalue weighted by atomic mass is 35.5. The molecular formula is C16H22ClN3O2. The number of benzene rings is 1. The highest BCUT2D eigenvalue weighted by Crippen LogP contribution is 2.23. The van der Waals surface area contributed by atoms with E-state index in [-0.39, 0.29) is 30.3 Å². The summed E-state index contributed by atoms with van der Waals surface area (Å²) in [6, 6.07) is 7.80. The number of nitrogens with one attached hydrogen (secondary N) is 2. The van der Waals surface area contributed by atoms with Crippen LogP contribution in [0.25, 0.3) is 0 Å². The van der Waals surface area contributed by atoms with Gasteiger partial charge in [-0.25, -0.2) is 0 Å². The standard InChI is InChI=1S/C16H21N3O2.ClH/c1-11(17-12-4-5-12)16(21)18-13-6-8-14(9-7-13)19-10-2-3-15(19)20;/h6-9,11-12,17H,2-5,10H2,1H3,(H,18,21);1H. The smallest absolute Gasteiger partial charge is 0.241 e. The van der Waals surface area contributed by atoms with Crippen molar-refractivity contribution in [3.05, 3.63) is 24.3 Å². The number of hydrogen-bond donors (Lipinski definition) is 2. The fraction of sp³-hybridized carbons (Fsp3) is 0.500. The monoisotopic (exact) mass is 323 g/mol. The number of halogens is 1. The average Bonchev–Trinajstić information content (AvgIpc) is 3.19. The SMILES string of the molecule is CC(NC1CC1)C(=O)Nc1ccc(N2CCCC2=O)cc1.Cl. The predicted octanol–water partition coefficient (Wildman–Crippen LogP) is 2.31. The Bertz CT molecular complexity index is 543. The molecule has 1 aromatic rings. The topological polar surface area (TPSA) is 61.4 Å². The van der Waals surface area contributed by atoms with E-state index in [9.17, 15) is 9.59 Å². The minimum Gasteiger partial charge on any atom is -0.325 e. The van der Waals surface area contributed by atoms with Crippen molar-refractivity contribution >= 4 is 35.6 Å². The highest BCUT2D eigenvalue weighted by molar-refractivity contribution is 5.97. The molecule has 3 rings (SSSR count). The van der Waals surface area contributed by atoms with E-state index >= 15 is 0 Å². The first-order valence-corrected chi connectivity index (χ1v) is 7.61. The van der Waals surface area contributed by atoms with Crippen LogP contribution >= 0.6 is 12.4 Å². The number of rotatable bonds is 5. The van der Waals surface area contributed by atoms with Gasteiger partial charge in [0, 0.05) is 30.4 Å². The molecule has 0 bridgehead atoms. The second kappa shape index (κ2) is 7.11. The molecule has 1 aromatic carbocycles. The van der Waals surface area contributed by atoms with Crippen molar-refractivity contribution in [1.82, 2.24) is 5.32 Å². The van der Waals surface area contributed by atoms with Crippen LogP contribution in [0.1, 0.15) is 32.6 Å². The minimum absolute atomic E-state index is 0. The van der Waals surface area contributed by atoms with Crippen LogP contribution in [0, 0.1) is 0 Å². The normalized spacial score (nSPS) is 18.8. The minimum atomic E-state index is -0.183. The molecule has 1 atom stereocenters. The van der Waals surface area contributed by atoms with Gasteiger partial charge in [0.15, 0.2) is 0 Å². The quantitative estimate of drug-likeness (QED) is 0.874. The zero-order valence-corrected chi connectivity index (χ0v) is 13.5. The molecule has 1 aliphatic heterocycles. The van der Waals surface area contributed by atoms with Crippen molar-refractivity contribution in [1.29, 1.82) is 0 Å². The molecule has 1 saturated carbocycles. The van der Waals surface area contributed by atoms with Crippen LogP contribution in [0.2, 0.25) is 0 Å². The van der Waals surface area contributed by atoms with Gasteiger partial charge in [-0.05, 0) is 50.5 Å². The Balaban J connectivity index is 0.00000176. The number of anilines is 2. The van der Waals surface area contributed by atoms with E-state index in [1.807, 2.05) is 31.2 Å². The van der Waals surface area contributed by atoms with Crippen LogP contribution in [0.5, 0.6) is 0 Å². The van der Waals surface area contributed by atoms with Crippen LogP contribution in [-0.4, -0.2) is 30.4 Å². The summed E-state index contributed by atoms with van der Waals surface area (Å²) in [5.41, 5.74) is 1.67. The third kappa shape index (κ3) is 3.99. The maximum absolute atomic E-state index is 12.0. The number of nitrogens with zero attached hydrogens (tertiary/aromatic N) is 1. The molecule has 5 nitrogen and oxygen atoms in total. The van der Waals surface area contributed by atoms with E-state index in [1.54, 1.807) is 4.90 Å². The Morgan fingerprint density at radius 1 is 1.27 bits per heavy atom. The largest absolute Gasteiger partial charge is 0.325 e. The lowest BCUT2D eigenvalue weighted by molar-refractivity contribution is -0.118. The molecule has 1 aliphatic carbocycles. The molecule has 6 heteroatoms. The zero-order chi connectivity index (χ0) is 14.8. The summed E-state index contributed by atoms with van der Waals surface area (Å²) in [4.78, 5) is 25.5. The first kappa shape index (κ1) is 16.8. The van der Waals surface area contributed by atoms with Gasteiger partial charge in [-0.1, -0.05) is 0 Å². The van der Waals surface area contributed by atoms with E-state index < -0.39 is 0 Å². The van der Waals surface area contributed by atoms with Gasteiger partial charge in [0.2, 0.25) is 11.8 Å². The van der Waals surface area contributed by atoms with Crippen LogP contribution in [0.3, 0.4) is 0 Å². The zero-order valence-electron chi connectivity index (χ0n) is 12.7. The number of hydrogen-bond acceptors (Lipinski definition) is 3. The molecule has 0 radical (unpaired) electrons. The molecule has 1 unspecified atom stereocenters. The van der Waals surface area contributed by atoms with Crippen LogP contribution < -0.4 is 15.5 Å². The number of amides is 2. The Morgan fingerprint density at radius 2 is 1.95 bits per heavy atom. The van der Waals surface area contributed by atoms with Crippen molar-refractivity contribution in [3.8, 4) is 0 Å². The Hall–Kier alpha value is -1.59. The van der Waals surface area contributed by atoms with Crippen molar-refractivity contribution in [2.75, 3.05) is 16.8 Å². The van der Waals surface area contributed by atoms with Crippen molar-refractivity contribution < 1.29 is 9.59 Å². The van der Waals surface area contributed by atoms with E-state index in [1.165, 1.54) is 0 Å². The molecule has 120 valence electrons. The third-order valence-corrected chi connectivity index (χ3v) is 3.98. The highest BCUT2D eigenvalue weighted by Gasteiger charge is 2.25. The first-order valence-electron chi connectivity index (χ1n) is 7.61. The summed E-state index contributed by atoms with van der Waals surface area (Å²) >= 11 is 0. The molecule has 2 fully saturated rings. The summed E-state index contributed by atoms with van der Waals surface area (Å²) in [6.07, 6.45) is 3.87. The maximum atomic E-state index is 12.0. The van der Waals surface area contributed by atoms with Gasteiger partial charge in [0.1, 0.15) is 0 Å².